The topological polar surface area (TPSA) is 42.7 Å². The van der Waals surface area contributed by atoms with Crippen LogP contribution in [0, 0.1) is 0 Å². The molecule has 2 heterocycles. The molecule has 0 aromatic carbocycles. The zero-order chi connectivity index (χ0) is 9.80. The van der Waals surface area contributed by atoms with Crippen molar-refractivity contribution >= 4 is 11.3 Å². The van der Waals surface area contributed by atoms with Crippen LogP contribution in [0.15, 0.2) is 24.1 Å². The number of hydrogen-bond acceptors (Lipinski definition) is 4. The minimum Gasteiger partial charge on any atom is -0.331 e. The standard InChI is InChI=1S/C9H12N4S/c1-10-4-9-12-8(6-14-9)5-13-3-2-11-7-13/h2-3,6-7,10H,4-5H2,1H3. The Bertz CT molecular complexity index is 379. The van der Waals surface area contributed by atoms with Crippen LogP contribution in [0.2, 0.25) is 0 Å². The summed E-state index contributed by atoms with van der Waals surface area (Å²) in [6.07, 6.45) is 5.52. The van der Waals surface area contributed by atoms with Crippen molar-refractivity contribution in [3.63, 3.8) is 0 Å². The van der Waals surface area contributed by atoms with Gasteiger partial charge in [-0.15, -0.1) is 11.3 Å². The third-order valence-corrected chi connectivity index (χ3v) is 2.73. The van der Waals surface area contributed by atoms with Gasteiger partial charge in [0.1, 0.15) is 5.01 Å². The van der Waals surface area contributed by atoms with Gasteiger partial charge in [-0.1, -0.05) is 0 Å². The Kier molecular flexibility index (Phi) is 2.90. The summed E-state index contributed by atoms with van der Waals surface area (Å²) in [6.45, 7) is 1.65. The normalized spacial score (nSPS) is 10.6. The molecular formula is C9H12N4S. The van der Waals surface area contributed by atoms with Gasteiger partial charge in [-0.3, -0.25) is 0 Å². The lowest BCUT2D eigenvalue weighted by atomic mass is 10.5. The Morgan fingerprint density at radius 3 is 3.21 bits per heavy atom. The third-order valence-electron chi connectivity index (χ3n) is 1.83. The van der Waals surface area contributed by atoms with Crippen LogP contribution in [0.3, 0.4) is 0 Å². The summed E-state index contributed by atoms with van der Waals surface area (Å²) in [5.74, 6) is 0. The van der Waals surface area contributed by atoms with E-state index in [-0.39, 0.29) is 0 Å². The van der Waals surface area contributed by atoms with E-state index in [0.29, 0.717) is 0 Å². The SMILES string of the molecule is CNCc1nc(Cn2ccnc2)cs1. The zero-order valence-electron chi connectivity index (χ0n) is 7.97. The number of thiazole rings is 1. The predicted molar refractivity (Wildman–Crippen MR) is 56.2 cm³/mol. The average molecular weight is 208 g/mol. The lowest BCUT2D eigenvalue weighted by molar-refractivity contribution is 0.759. The number of hydrogen-bond donors (Lipinski definition) is 1. The lowest BCUT2D eigenvalue weighted by Gasteiger charge is -1.96. The predicted octanol–water partition coefficient (Wildman–Crippen LogP) is 1.11. The van der Waals surface area contributed by atoms with Crippen molar-refractivity contribution in [3.8, 4) is 0 Å². The van der Waals surface area contributed by atoms with Crippen molar-refractivity contribution in [1.29, 1.82) is 0 Å². The highest BCUT2D eigenvalue weighted by Gasteiger charge is 2.01. The molecular weight excluding hydrogens is 196 g/mol. The Morgan fingerprint density at radius 1 is 1.57 bits per heavy atom. The molecule has 14 heavy (non-hydrogen) atoms. The minimum atomic E-state index is 0.806. The van der Waals surface area contributed by atoms with Crippen LogP contribution in [0.4, 0.5) is 0 Å². The summed E-state index contributed by atoms with van der Waals surface area (Å²) in [6, 6.07) is 0. The first-order valence-electron chi connectivity index (χ1n) is 4.42. The smallest absolute Gasteiger partial charge is 0.107 e. The van der Waals surface area contributed by atoms with Crippen LogP contribution in [-0.2, 0) is 13.1 Å². The van der Waals surface area contributed by atoms with Gasteiger partial charge < -0.3 is 9.88 Å². The van der Waals surface area contributed by atoms with Crippen LogP contribution >= 0.6 is 11.3 Å². The van der Waals surface area contributed by atoms with Gasteiger partial charge in [0.05, 0.1) is 18.6 Å². The van der Waals surface area contributed by atoms with Crippen LogP contribution in [0.1, 0.15) is 10.7 Å². The Morgan fingerprint density at radius 2 is 2.50 bits per heavy atom. The van der Waals surface area contributed by atoms with Gasteiger partial charge >= 0.3 is 0 Å². The second-order valence-corrected chi connectivity index (χ2v) is 3.94. The van der Waals surface area contributed by atoms with E-state index in [2.05, 4.69) is 20.7 Å². The average Bonchev–Trinajstić information content (AvgIpc) is 2.79. The van der Waals surface area contributed by atoms with Crippen molar-refractivity contribution in [2.75, 3.05) is 7.05 Å². The number of aromatic nitrogens is 3. The quantitative estimate of drug-likeness (QED) is 0.818. The number of nitrogens with zero attached hydrogens (tertiary/aromatic N) is 3. The van der Waals surface area contributed by atoms with Crippen molar-refractivity contribution in [3.05, 3.63) is 34.8 Å². The fraction of sp³-hybridized carbons (Fsp3) is 0.333. The molecule has 0 radical (unpaired) electrons. The minimum absolute atomic E-state index is 0.806. The fourth-order valence-electron chi connectivity index (χ4n) is 1.22. The molecule has 0 unspecified atom stereocenters. The summed E-state index contributed by atoms with van der Waals surface area (Å²) in [7, 11) is 1.93. The van der Waals surface area contributed by atoms with Gasteiger partial charge in [0.25, 0.3) is 0 Å². The van der Waals surface area contributed by atoms with E-state index in [1.54, 1.807) is 23.9 Å². The van der Waals surface area contributed by atoms with Crippen LogP contribution in [-0.4, -0.2) is 21.6 Å². The first kappa shape index (κ1) is 9.36. The lowest BCUT2D eigenvalue weighted by Crippen LogP contribution is -2.05. The molecule has 2 aromatic heterocycles. The van der Waals surface area contributed by atoms with Crippen molar-refractivity contribution in [2.45, 2.75) is 13.1 Å². The second kappa shape index (κ2) is 4.34. The molecule has 0 amide bonds. The molecule has 0 atom stereocenters. The van der Waals surface area contributed by atoms with Gasteiger partial charge in [0.15, 0.2) is 0 Å². The molecule has 0 bridgehead atoms. The molecule has 0 aliphatic heterocycles. The fourth-order valence-corrected chi connectivity index (χ4v) is 2.02. The summed E-state index contributed by atoms with van der Waals surface area (Å²) in [4.78, 5) is 8.47. The van der Waals surface area contributed by atoms with Gasteiger partial charge in [0.2, 0.25) is 0 Å². The Labute approximate surface area is 86.6 Å². The molecule has 0 saturated carbocycles. The highest BCUT2D eigenvalue weighted by Crippen LogP contribution is 2.10. The third kappa shape index (κ3) is 2.18. The molecule has 0 aliphatic rings. The molecule has 1 N–H and O–H groups in total. The highest BCUT2D eigenvalue weighted by molar-refractivity contribution is 7.09. The maximum absolute atomic E-state index is 4.48. The van der Waals surface area contributed by atoms with E-state index in [1.807, 2.05) is 17.8 Å². The molecule has 2 aromatic rings. The van der Waals surface area contributed by atoms with Crippen molar-refractivity contribution in [1.82, 2.24) is 19.9 Å². The van der Waals surface area contributed by atoms with E-state index in [9.17, 15) is 0 Å². The molecule has 0 spiro atoms. The molecule has 2 rings (SSSR count). The van der Waals surface area contributed by atoms with Gasteiger partial charge in [-0.2, -0.15) is 0 Å². The summed E-state index contributed by atoms with van der Waals surface area (Å²) in [5.41, 5.74) is 1.10. The zero-order valence-corrected chi connectivity index (χ0v) is 8.79. The Hall–Kier alpha value is -1.20. The highest BCUT2D eigenvalue weighted by atomic mass is 32.1. The molecule has 74 valence electrons. The van der Waals surface area contributed by atoms with Crippen LogP contribution < -0.4 is 5.32 Å². The largest absolute Gasteiger partial charge is 0.331 e. The van der Waals surface area contributed by atoms with Gasteiger partial charge in [0, 0.05) is 24.3 Å². The van der Waals surface area contributed by atoms with Crippen LogP contribution in [0.25, 0.3) is 0 Å². The van der Waals surface area contributed by atoms with Gasteiger partial charge in [-0.05, 0) is 7.05 Å². The van der Waals surface area contributed by atoms with Gasteiger partial charge in [-0.25, -0.2) is 9.97 Å². The summed E-state index contributed by atoms with van der Waals surface area (Å²) >= 11 is 1.69. The molecule has 5 heteroatoms. The number of nitrogens with one attached hydrogen (secondary N) is 1. The van der Waals surface area contributed by atoms with Crippen LogP contribution in [0.5, 0.6) is 0 Å². The molecule has 4 nitrogen and oxygen atoms in total. The monoisotopic (exact) mass is 208 g/mol. The summed E-state index contributed by atoms with van der Waals surface area (Å²) < 4.78 is 2.01. The van der Waals surface area contributed by atoms with E-state index in [1.165, 1.54) is 0 Å². The molecule has 0 saturated heterocycles. The molecule has 0 fully saturated rings. The van der Waals surface area contributed by atoms with Crippen molar-refractivity contribution in [2.24, 2.45) is 0 Å². The number of rotatable bonds is 4. The second-order valence-electron chi connectivity index (χ2n) is 3.00. The first-order chi connectivity index (χ1) is 6.88. The maximum Gasteiger partial charge on any atom is 0.107 e. The van der Waals surface area contributed by atoms with Crippen molar-refractivity contribution < 1.29 is 0 Å². The van der Waals surface area contributed by atoms with E-state index in [4.69, 9.17) is 0 Å². The van der Waals surface area contributed by atoms with E-state index < -0.39 is 0 Å². The maximum atomic E-state index is 4.48. The molecule has 0 aliphatic carbocycles. The van der Waals surface area contributed by atoms with E-state index >= 15 is 0 Å². The first-order valence-corrected chi connectivity index (χ1v) is 5.30. The summed E-state index contributed by atoms with van der Waals surface area (Å²) in [5, 5.41) is 6.30. The number of imidazole rings is 1. The Balaban J connectivity index is 2.03. The van der Waals surface area contributed by atoms with E-state index in [0.717, 1.165) is 23.8 Å².